The summed E-state index contributed by atoms with van der Waals surface area (Å²) >= 11 is 0. The number of aliphatic imine (C=N–C) groups is 1. The summed E-state index contributed by atoms with van der Waals surface area (Å²) in [4.78, 5) is 58.5. The van der Waals surface area contributed by atoms with Gasteiger partial charge in [0.2, 0.25) is 5.91 Å². The van der Waals surface area contributed by atoms with Crippen molar-refractivity contribution in [2.45, 2.75) is 174 Å². The molecule has 0 radical (unpaired) electrons. The maximum Gasteiger partial charge on any atom is 0.309 e. The van der Waals surface area contributed by atoms with E-state index in [1.165, 1.54) is 13.8 Å². The number of amides is 1. The minimum absolute atomic E-state index is 0.0425. The molecule has 384 valence electrons. The van der Waals surface area contributed by atoms with E-state index >= 15 is 0 Å². The Balaban J connectivity index is 1.76. The van der Waals surface area contributed by atoms with Gasteiger partial charge in [-0.3, -0.25) is 19.4 Å². The summed E-state index contributed by atoms with van der Waals surface area (Å²) in [6, 6.07) is 5.35. The molecular formula is C51H80N6O11Si. The van der Waals surface area contributed by atoms with Crippen molar-refractivity contribution in [2.24, 2.45) is 33.8 Å². The molecule has 2 aromatic rings. The van der Waals surface area contributed by atoms with Crippen molar-refractivity contribution in [3.8, 4) is 5.69 Å². The molecule has 3 aliphatic heterocycles. The molecular weight excluding hydrogens is 901 g/mol. The Kier molecular flexibility index (Phi) is 19.3. The number of likely N-dealkylation sites (N-methyl/N-ethyl adjacent to an activating group) is 1. The smallest absolute Gasteiger partial charge is 0.309 e. The fourth-order valence-corrected chi connectivity index (χ4v) is 14.6. The third kappa shape index (κ3) is 13.6. The summed E-state index contributed by atoms with van der Waals surface area (Å²) in [5.41, 5.74) is -0.370. The van der Waals surface area contributed by atoms with Gasteiger partial charge in [-0.1, -0.05) is 65.5 Å². The summed E-state index contributed by atoms with van der Waals surface area (Å²) in [6.07, 6.45) is 3.59. The molecule has 17 nitrogen and oxygen atoms in total. The van der Waals surface area contributed by atoms with Gasteiger partial charge in [-0.05, 0) is 89.7 Å². The van der Waals surface area contributed by atoms with Crippen LogP contribution in [0, 0.1) is 23.7 Å². The van der Waals surface area contributed by atoms with Gasteiger partial charge >= 0.3 is 11.9 Å². The molecule has 3 fully saturated rings. The molecule has 3 saturated heterocycles. The summed E-state index contributed by atoms with van der Waals surface area (Å²) < 4.78 is 49.6. The van der Waals surface area contributed by atoms with Crippen LogP contribution in [0.3, 0.4) is 0 Å². The van der Waals surface area contributed by atoms with Gasteiger partial charge in [0.1, 0.15) is 17.4 Å². The Bertz CT molecular complexity index is 2100. The number of hydrogen-bond donors (Lipinski definition) is 0. The van der Waals surface area contributed by atoms with Crippen LogP contribution in [0.15, 0.2) is 59.6 Å². The lowest BCUT2D eigenvalue weighted by molar-refractivity contribution is -0.300. The summed E-state index contributed by atoms with van der Waals surface area (Å²) in [5, 5.41) is 8.96. The van der Waals surface area contributed by atoms with Gasteiger partial charge in [0.05, 0.1) is 73.3 Å². The van der Waals surface area contributed by atoms with E-state index in [-0.39, 0.29) is 56.0 Å². The number of rotatable bonds is 13. The van der Waals surface area contributed by atoms with Crippen LogP contribution in [0.2, 0.25) is 25.2 Å². The highest BCUT2D eigenvalue weighted by atomic mass is 28.3. The molecule has 5 rings (SSSR count). The predicted octanol–water partition coefficient (Wildman–Crippen LogP) is 7.62. The van der Waals surface area contributed by atoms with E-state index in [4.69, 9.17) is 43.0 Å². The monoisotopic (exact) mass is 981 g/mol. The van der Waals surface area contributed by atoms with Crippen LogP contribution in [0.25, 0.3) is 5.69 Å². The molecule has 5 heterocycles. The first-order chi connectivity index (χ1) is 32.4. The van der Waals surface area contributed by atoms with E-state index in [2.05, 4.69) is 48.4 Å². The van der Waals surface area contributed by atoms with E-state index in [0.29, 0.717) is 36.4 Å². The second-order valence-corrected chi connectivity index (χ2v) is 26.4. The van der Waals surface area contributed by atoms with E-state index in [1.807, 2.05) is 91.9 Å². The average Bonchev–Trinajstić information content (AvgIpc) is 3.82. The minimum atomic E-state index is -2.36. The molecule has 1 amide bonds. The SMILES string of the molecule is C=CCO[C@]1(C)[C@@H](CC)OC(=O)C(C)C([Si](C)(C)C)[C@H](C)[C@@H](O[C@@H]2O[C@H](C)C[C@H](N(C)C)[C@H]2OC(C)=O)[C@@]2(C)C[C@@H](C)C(=NC(C)=O)[C@H](C)[C@@H]1OC/C(=N\OCc1ccc(-n3cccn3)cn1)CO2. The largest absolute Gasteiger partial charge is 0.459 e. The topological polar surface area (TPSA) is 184 Å². The lowest BCUT2D eigenvalue weighted by Crippen LogP contribution is -2.61. The molecule has 3 aliphatic rings. The maximum absolute atomic E-state index is 15.0. The number of ether oxygens (including phenoxy) is 7. The number of cyclic esters (lactones) is 1. The molecule has 0 N–H and O–H groups in total. The summed E-state index contributed by atoms with van der Waals surface area (Å²) in [6.45, 7) is 29.4. The first-order valence-corrected chi connectivity index (χ1v) is 28.1. The predicted molar refractivity (Wildman–Crippen MR) is 266 cm³/mol. The highest BCUT2D eigenvalue weighted by Gasteiger charge is 2.56. The van der Waals surface area contributed by atoms with Crippen molar-refractivity contribution in [1.29, 1.82) is 0 Å². The number of carbonyl (C=O) groups excluding carboxylic acids is 3. The van der Waals surface area contributed by atoms with E-state index in [0.717, 1.165) is 5.69 Å². The number of nitrogens with zero attached hydrogens (tertiary/aromatic N) is 6. The van der Waals surface area contributed by atoms with Gasteiger partial charge < -0.3 is 42.9 Å². The highest BCUT2D eigenvalue weighted by Crippen LogP contribution is 2.48. The van der Waals surface area contributed by atoms with Gasteiger partial charge in [-0.2, -0.15) is 5.10 Å². The number of aromatic nitrogens is 3. The lowest BCUT2D eigenvalue weighted by Gasteiger charge is -2.51. The molecule has 0 aromatic carbocycles. The second kappa shape index (κ2) is 23.8. The van der Waals surface area contributed by atoms with Crippen molar-refractivity contribution in [3.63, 3.8) is 0 Å². The third-order valence-corrected chi connectivity index (χ3v) is 17.2. The molecule has 2 bridgehead atoms. The molecule has 2 aromatic heterocycles. The van der Waals surface area contributed by atoms with Gasteiger partial charge in [-0.25, -0.2) is 9.67 Å². The quantitative estimate of drug-likeness (QED) is 0.0827. The van der Waals surface area contributed by atoms with Crippen molar-refractivity contribution in [2.75, 3.05) is 33.9 Å². The van der Waals surface area contributed by atoms with E-state index in [1.54, 1.807) is 23.2 Å². The van der Waals surface area contributed by atoms with Crippen LogP contribution in [0.4, 0.5) is 0 Å². The Morgan fingerprint density at radius 2 is 1.80 bits per heavy atom. The zero-order chi connectivity index (χ0) is 51.0. The van der Waals surface area contributed by atoms with Crippen molar-refractivity contribution >= 4 is 37.3 Å². The van der Waals surface area contributed by atoms with E-state index < -0.39 is 79.6 Å². The van der Waals surface area contributed by atoms with Crippen molar-refractivity contribution in [3.05, 3.63) is 55.1 Å². The first kappa shape index (κ1) is 55.8. The van der Waals surface area contributed by atoms with Gasteiger partial charge in [-0.15, -0.1) is 6.58 Å². The molecule has 0 spiro atoms. The Labute approximate surface area is 411 Å². The number of esters is 2. The van der Waals surface area contributed by atoms with Crippen molar-refractivity contribution in [1.82, 2.24) is 19.7 Å². The van der Waals surface area contributed by atoms with Crippen LogP contribution in [-0.2, 0) is 59.0 Å². The summed E-state index contributed by atoms with van der Waals surface area (Å²) in [5.74, 6) is -3.22. The molecule has 14 atom stereocenters. The number of pyridine rings is 1. The Morgan fingerprint density at radius 3 is 2.38 bits per heavy atom. The maximum atomic E-state index is 15.0. The second-order valence-electron chi connectivity index (χ2n) is 21.0. The van der Waals surface area contributed by atoms with Crippen LogP contribution in [-0.4, -0.2) is 145 Å². The van der Waals surface area contributed by atoms with Gasteiger partial charge in [0.15, 0.2) is 19.0 Å². The zero-order valence-corrected chi connectivity index (χ0v) is 44.8. The normalized spacial score (nSPS) is 35.4. The van der Waals surface area contributed by atoms with Gasteiger partial charge in [0.25, 0.3) is 0 Å². The van der Waals surface area contributed by atoms with Crippen LogP contribution >= 0.6 is 0 Å². The fourth-order valence-electron chi connectivity index (χ4n) is 11.3. The molecule has 69 heavy (non-hydrogen) atoms. The Morgan fingerprint density at radius 1 is 1.07 bits per heavy atom. The number of carbonyl (C=O) groups is 3. The van der Waals surface area contributed by atoms with Crippen LogP contribution < -0.4 is 0 Å². The minimum Gasteiger partial charge on any atom is -0.459 e. The average molecular weight is 981 g/mol. The summed E-state index contributed by atoms with van der Waals surface area (Å²) in [7, 11) is 1.54. The van der Waals surface area contributed by atoms with Gasteiger partial charge in [0, 0.05) is 45.9 Å². The van der Waals surface area contributed by atoms with Crippen LogP contribution in [0.1, 0.15) is 94.2 Å². The zero-order valence-electron chi connectivity index (χ0n) is 43.8. The number of fused-ring (bicyclic) bond motifs is 5. The third-order valence-electron chi connectivity index (χ3n) is 14.1. The number of hydrogen-bond acceptors (Lipinski definition) is 15. The highest BCUT2D eigenvalue weighted by molar-refractivity contribution is 6.77. The molecule has 18 heteroatoms. The molecule has 0 aliphatic carbocycles. The Hall–Kier alpha value is -4.17. The lowest BCUT2D eigenvalue weighted by atomic mass is 9.73. The molecule has 2 unspecified atom stereocenters. The van der Waals surface area contributed by atoms with E-state index in [9.17, 15) is 14.4 Å². The number of oxime groups is 1. The first-order valence-electron chi connectivity index (χ1n) is 24.5. The van der Waals surface area contributed by atoms with Crippen molar-refractivity contribution < 1.29 is 52.4 Å². The van der Waals surface area contributed by atoms with Crippen LogP contribution in [0.5, 0.6) is 0 Å². The fraction of sp³-hybridized carbons (Fsp3) is 0.706. The standard InChI is InChI=1S/C51H80N6O11Si/c1-17-24-62-51(11)42(18-2)67-48(60)35(7)45(69(14,15)16)34(6)46(68-49-44(66-37(9)59)41(56(12)13)25-32(4)65-49)50(10)26-31(3)43(54-36(8)58)33(5)47(51)61-28-39(29-63-50)55-64-30-38-20-21-40(27-52-38)57-23-19-22-53-57/h17,19-23,27,31-35,41-42,44-47,49H,1,18,24-26,28-30H2,2-16H3/b54-43?,55-39+/t31-,32-,33+,34+,35?,41+,42-,44-,45?,46-,47+,49+,50-,51-/m1/s1. The molecule has 0 saturated carbocycles.